The van der Waals surface area contributed by atoms with Crippen molar-refractivity contribution in [2.24, 2.45) is 0 Å². The number of fused-ring (bicyclic) bond motifs is 1. The second-order valence-corrected chi connectivity index (χ2v) is 8.85. The molecule has 0 radical (unpaired) electrons. The minimum absolute atomic E-state index is 0.00755. The van der Waals surface area contributed by atoms with Crippen LogP contribution in [0.15, 0.2) is 72.8 Å². The van der Waals surface area contributed by atoms with E-state index in [1.807, 2.05) is 41.3 Å². The topological polar surface area (TPSA) is 52.7 Å². The molecule has 3 aromatic carbocycles. The van der Waals surface area contributed by atoms with Gasteiger partial charge in [0.15, 0.2) is 0 Å². The molecule has 0 atom stereocenters. The molecule has 1 N–H and O–H groups in total. The summed E-state index contributed by atoms with van der Waals surface area (Å²) in [6.45, 7) is 3.41. The Morgan fingerprint density at radius 2 is 1.52 bits per heavy atom. The van der Waals surface area contributed by atoms with Crippen LogP contribution in [0.4, 0.5) is 11.4 Å². The Morgan fingerprint density at radius 1 is 0.788 bits per heavy atom. The van der Waals surface area contributed by atoms with Gasteiger partial charge in [0.05, 0.1) is 11.3 Å². The number of rotatable bonds is 5. The molecular weight excluding hydrogens is 410 g/mol. The Labute approximate surface area is 195 Å². The third-order valence-corrected chi connectivity index (χ3v) is 6.62. The van der Waals surface area contributed by atoms with Gasteiger partial charge in [-0.15, -0.1) is 0 Å². The molecule has 2 aliphatic heterocycles. The van der Waals surface area contributed by atoms with Crippen molar-refractivity contribution < 1.29 is 9.59 Å². The molecule has 0 bridgehead atoms. The van der Waals surface area contributed by atoms with E-state index in [0.29, 0.717) is 16.8 Å². The van der Waals surface area contributed by atoms with Crippen LogP contribution in [0.3, 0.4) is 0 Å². The van der Waals surface area contributed by atoms with E-state index in [-0.39, 0.29) is 11.8 Å². The number of hydrogen-bond acceptors (Lipinski definition) is 3. The number of piperidine rings is 1. The summed E-state index contributed by atoms with van der Waals surface area (Å²) in [5, 5.41) is 2.96. The second kappa shape index (κ2) is 9.49. The van der Waals surface area contributed by atoms with Gasteiger partial charge in [0.1, 0.15) is 0 Å². The van der Waals surface area contributed by atoms with Gasteiger partial charge < -0.3 is 15.1 Å². The van der Waals surface area contributed by atoms with Crippen LogP contribution in [-0.4, -0.2) is 36.3 Å². The zero-order chi connectivity index (χ0) is 22.6. The standard InChI is InChI=1S/C28H29N3O2/c32-27(29-25-10-4-3-9-24(25)28(33)30-17-6-1-7-18-30)23-14-12-21(13-15-23)20-31-19-16-22-8-2-5-11-26(22)31/h2-5,8-15H,1,6-7,16-20H2,(H,29,32). The van der Waals surface area contributed by atoms with Crippen molar-refractivity contribution >= 4 is 23.2 Å². The fourth-order valence-electron chi connectivity index (χ4n) is 4.79. The summed E-state index contributed by atoms with van der Waals surface area (Å²) in [4.78, 5) is 30.2. The number of hydrogen-bond donors (Lipinski definition) is 1. The predicted octanol–water partition coefficient (Wildman–Crippen LogP) is 5.13. The van der Waals surface area contributed by atoms with Crippen LogP contribution in [0.2, 0.25) is 0 Å². The highest BCUT2D eigenvalue weighted by Gasteiger charge is 2.22. The number of carbonyl (C=O) groups is 2. The maximum atomic E-state index is 13.0. The fourth-order valence-corrected chi connectivity index (χ4v) is 4.79. The third kappa shape index (κ3) is 4.63. The van der Waals surface area contributed by atoms with Crippen LogP contribution in [0.5, 0.6) is 0 Å². The second-order valence-electron chi connectivity index (χ2n) is 8.85. The summed E-state index contributed by atoms with van der Waals surface area (Å²) >= 11 is 0. The molecule has 2 amide bonds. The van der Waals surface area contributed by atoms with Crippen LogP contribution in [-0.2, 0) is 13.0 Å². The van der Waals surface area contributed by atoms with Gasteiger partial charge in [-0.05, 0) is 67.1 Å². The first-order valence-corrected chi connectivity index (χ1v) is 11.8. The Bertz CT molecular complexity index is 1150. The van der Waals surface area contributed by atoms with E-state index in [9.17, 15) is 9.59 Å². The molecule has 0 aromatic heterocycles. The number of carbonyl (C=O) groups excluding carboxylic acids is 2. The molecule has 0 unspecified atom stereocenters. The molecule has 1 saturated heterocycles. The van der Waals surface area contributed by atoms with Crippen LogP contribution >= 0.6 is 0 Å². The van der Waals surface area contributed by atoms with Crippen molar-refractivity contribution in [2.45, 2.75) is 32.2 Å². The molecule has 1 fully saturated rings. The summed E-state index contributed by atoms with van der Waals surface area (Å²) in [6.07, 6.45) is 4.32. The van der Waals surface area contributed by atoms with Gasteiger partial charge >= 0.3 is 0 Å². The molecule has 0 spiro atoms. The Kier molecular flexibility index (Phi) is 6.11. The number of likely N-dealkylation sites (tertiary alicyclic amines) is 1. The zero-order valence-corrected chi connectivity index (χ0v) is 18.8. The van der Waals surface area contributed by atoms with Gasteiger partial charge in [0, 0.05) is 37.4 Å². The molecule has 5 nitrogen and oxygen atoms in total. The first-order valence-electron chi connectivity index (χ1n) is 11.8. The number of nitrogens with one attached hydrogen (secondary N) is 1. The molecule has 2 aliphatic rings. The Balaban J connectivity index is 1.26. The minimum Gasteiger partial charge on any atom is -0.367 e. The summed E-state index contributed by atoms with van der Waals surface area (Å²) in [7, 11) is 0. The highest BCUT2D eigenvalue weighted by Crippen LogP contribution is 2.29. The molecule has 33 heavy (non-hydrogen) atoms. The van der Waals surface area contributed by atoms with Gasteiger partial charge in [-0.3, -0.25) is 9.59 Å². The van der Waals surface area contributed by atoms with Gasteiger partial charge in [0.25, 0.3) is 11.8 Å². The van der Waals surface area contributed by atoms with Gasteiger partial charge in [-0.1, -0.05) is 42.5 Å². The molecule has 5 heteroatoms. The van der Waals surface area contributed by atoms with Crippen LogP contribution < -0.4 is 10.2 Å². The quantitative estimate of drug-likeness (QED) is 0.600. The maximum absolute atomic E-state index is 13.0. The average Bonchev–Trinajstić information content (AvgIpc) is 3.28. The monoisotopic (exact) mass is 439 g/mol. The lowest BCUT2D eigenvalue weighted by Crippen LogP contribution is -2.36. The lowest BCUT2D eigenvalue weighted by Gasteiger charge is -2.27. The van der Waals surface area contributed by atoms with E-state index in [1.165, 1.54) is 23.2 Å². The van der Waals surface area contributed by atoms with Crippen molar-refractivity contribution in [1.82, 2.24) is 4.90 Å². The largest absolute Gasteiger partial charge is 0.367 e. The van der Waals surface area contributed by atoms with E-state index >= 15 is 0 Å². The van der Waals surface area contributed by atoms with E-state index in [4.69, 9.17) is 0 Å². The van der Waals surface area contributed by atoms with Crippen molar-refractivity contribution in [2.75, 3.05) is 29.9 Å². The van der Waals surface area contributed by atoms with Crippen molar-refractivity contribution in [3.8, 4) is 0 Å². The van der Waals surface area contributed by atoms with E-state index < -0.39 is 0 Å². The van der Waals surface area contributed by atoms with Crippen LogP contribution in [0, 0.1) is 0 Å². The van der Waals surface area contributed by atoms with Crippen LogP contribution in [0.25, 0.3) is 0 Å². The smallest absolute Gasteiger partial charge is 0.255 e. The van der Waals surface area contributed by atoms with Crippen molar-refractivity contribution in [3.05, 3.63) is 95.1 Å². The maximum Gasteiger partial charge on any atom is 0.255 e. The fraction of sp³-hybridized carbons (Fsp3) is 0.286. The molecule has 3 aromatic rings. The number of benzene rings is 3. The predicted molar refractivity (Wildman–Crippen MR) is 132 cm³/mol. The molecular formula is C28H29N3O2. The minimum atomic E-state index is -0.202. The average molecular weight is 440 g/mol. The van der Waals surface area contributed by atoms with E-state index in [0.717, 1.165) is 45.4 Å². The van der Waals surface area contributed by atoms with Gasteiger partial charge in [-0.25, -0.2) is 0 Å². The Hall–Kier alpha value is -3.60. The lowest BCUT2D eigenvalue weighted by molar-refractivity contribution is 0.0725. The van der Waals surface area contributed by atoms with Crippen LogP contribution in [0.1, 0.15) is 51.1 Å². The number of para-hydroxylation sites is 2. The highest BCUT2D eigenvalue weighted by molar-refractivity contribution is 6.09. The molecule has 0 saturated carbocycles. The van der Waals surface area contributed by atoms with E-state index in [1.54, 1.807) is 12.1 Å². The lowest BCUT2D eigenvalue weighted by atomic mass is 10.1. The number of nitrogens with zero attached hydrogens (tertiary/aromatic N) is 2. The summed E-state index contributed by atoms with van der Waals surface area (Å²) in [5.41, 5.74) is 5.57. The molecule has 168 valence electrons. The number of amides is 2. The van der Waals surface area contributed by atoms with Crippen molar-refractivity contribution in [1.29, 1.82) is 0 Å². The Morgan fingerprint density at radius 3 is 2.33 bits per heavy atom. The van der Waals surface area contributed by atoms with E-state index in [2.05, 4.69) is 34.5 Å². The molecule has 0 aliphatic carbocycles. The highest BCUT2D eigenvalue weighted by atomic mass is 16.2. The third-order valence-electron chi connectivity index (χ3n) is 6.62. The van der Waals surface area contributed by atoms with Gasteiger partial charge in [-0.2, -0.15) is 0 Å². The molecule has 2 heterocycles. The normalized spacial score (nSPS) is 15.3. The zero-order valence-electron chi connectivity index (χ0n) is 18.8. The molecule has 5 rings (SSSR count). The first-order chi connectivity index (χ1) is 16.2. The summed E-state index contributed by atoms with van der Waals surface area (Å²) < 4.78 is 0. The van der Waals surface area contributed by atoms with Gasteiger partial charge in [0.2, 0.25) is 0 Å². The first kappa shape index (κ1) is 21.3. The summed E-state index contributed by atoms with van der Waals surface area (Å²) in [5.74, 6) is -0.209. The number of anilines is 2. The SMILES string of the molecule is O=C(Nc1ccccc1C(=O)N1CCCCC1)c1ccc(CN2CCc3ccccc32)cc1. The summed E-state index contributed by atoms with van der Waals surface area (Å²) in [6, 6.07) is 23.6. The van der Waals surface area contributed by atoms with Crippen molar-refractivity contribution in [3.63, 3.8) is 0 Å².